The van der Waals surface area contributed by atoms with Crippen molar-refractivity contribution in [2.24, 2.45) is 7.05 Å². The second-order valence-electron chi connectivity index (χ2n) is 4.22. The van der Waals surface area contributed by atoms with Gasteiger partial charge in [0.05, 0.1) is 10.4 Å². The van der Waals surface area contributed by atoms with E-state index in [4.69, 9.17) is 17.3 Å². The number of hydrogen-bond acceptors (Lipinski definition) is 3. The van der Waals surface area contributed by atoms with Crippen molar-refractivity contribution in [3.63, 3.8) is 0 Å². The van der Waals surface area contributed by atoms with Crippen LogP contribution in [0.5, 0.6) is 0 Å². The molecule has 1 aromatic carbocycles. The molecule has 19 heavy (non-hydrogen) atoms. The average Bonchev–Trinajstić information content (AvgIpc) is 3.01. The molecule has 0 radical (unpaired) electrons. The summed E-state index contributed by atoms with van der Waals surface area (Å²) in [4.78, 5) is 1.11. The first kappa shape index (κ1) is 12.3. The van der Waals surface area contributed by atoms with E-state index in [0.717, 1.165) is 21.7 Å². The number of nitrogen functional groups attached to an aromatic ring is 1. The highest BCUT2D eigenvalue weighted by atomic mass is 35.5. The summed E-state index contributed by atoms with van der Waals surface area (Å²) < 4.78 is 1.71. The predicted octanol–water partition coefficient (Wildman–Crippen LogP) is 4.05. The van der Waals surface area contributed by atoms with Crippen LogP contribution in [-0.4, -0.2) is 9.78 Å². The van der Waals surface area contributed by atoms with Gasteiger partial charge in [0.15, 0.2) is 0 Å². The van der Waals surface area contributed by atoms with Crippen LogP contribution in [0, 0.1) is 0 Å². The fourth-order valence-corrected chi connectivity index (χ4v) is 2.87. The maximum absolute atomic E-state index is 6.15. The van der Waals surface area contributed by atoms with Gasteiger partial charge in [0, 0.05) is 12.1 Å². The Morgan fingerprint density at radius 2 is 1.95 bits per heavy atom. The molecule has 2 N–H and O–H groups in total. The first-order chi connectivity index (χ1) is 9.16. The molecule has 0 aliphatic carbocycles. The molecule has 0 atom stereocenters. The van der Waals surface area contributed by atoms with Gasteiger partial charge in [-0.15, -0.1) is 11.3 Å². The molecule has 0 aliphatic rings. The van der Waals surface area contributed by atoms with Crippen molar-refractivity contribution < 1.29 is 0 Å². The fraction of sp³-hybridized carbons (Fsp3) is 0.0714. The van der Waals surface area contributed by atoms with E-state index in [9.17, 15) is 0 Å². The summed E-state index contributed by atoms with van der Waals surface area (Å²) in [5.74, 6) is 0.658. The second-order valence-corrected chi connectivity index (χ2v) is 5.60. The summed E-state index contributed by atoms with van der Waals surface area (Å²) >= 11 is 7.59. The van der Waals surface area contributed by atoms with Crippen molar-refractivity contribution in [3.8, 4) is 21.7 Å². The molecule has 2 aromatic heterocycles. The van der Waals surface area contributed by atoms with Crippen LogP contribution in [0.4, 0.5) is 5.82 Å². The van der Waals surface area contributed by atoms with Crippen molar-refractivity contribution in [3.05, 3.63) is 46.8 Å². The number of rotatable bonds is 2. The fourth-order valence-electron chi connectivity index (χ4n) is 2.02. The van der Waals surface area contributed by atoms with Gasteiger partial charge in [-0.2, -0.15) is 5.10 Å². The summed E-state index contributed by atoms with van der Waals surface area (Å²) in [7, 11) is 1.85. The molecule has 3 nitrogen and oxygen atoms in total. The zero-order valence-electron chi connectivity index (χ0n) is 10.3. The maximum atomic E-state index is 6.15. The third-order valence-electron chi connectivity index (χ3n) is 2.98. The van der Waals surface area contributed by atoms with Gasteiger partial charge >= 0.3 is 0 Å². The number of aromatic nitrogens is 2. The Labute approximate surface area is 120 Å². The molecule has 0 spiro atoms. The van der Waals surface area contributed by atoms with Crippen LogP contribution in [0.1, 0.15) is 0 Å². The van der Waals surface area contributed by atoms with Gasteiger partial charge in [0.25, 0.3) is 0 Å². The first-order valence-corrected chi connectivity index (χ1v) is 7.05. The third-order valence-corrected chi connectivity index (χ3v) is 4.11. The SMILES string of the molecule is Cn1nc(-c2cccs2)c(-c2ccc(Cl)cc2)c1N. The second kappa shape index (κ2) is 4.72. The van der Waals surface area contributed by atoms with Gasteiger partial charge in [0.1, 0.15) is 11.5 Å². The highest BCUT2D eigenvalue weighted by Crippen LogP contribution is 2.37. The molecule has 0 saturated carbocycles. The minimum Gasteiger partial charge on any atom is -0.383 e. The summed E-state index contributed by atoms with van der Waals surface area (Å²) in [5.41, 5.74) is 9.05. The van der Waals surface area contributed by atoms with Crippen molar-refractivity contribution in [2.75, 3.05) is 5.73 Å². The lowest BCUT2D eigenvalue weighted by Gasteiger charge is -2.03. The number of benzene rings is 1. The molecule has 3 aromatic rings. The normalized spacial score (nSPS) is 10.8. The van der Waals surface area contributed by atoms with Crippen LogP contribution in [0.2, 0.25) is 5.02 Å². The van der Waals surface area contributed by atoms with E-state index in [1.165, 1.54) is 0 Å². The van der Waals surface area contributed by atoms with E-state index < -0.39 is 0 Å². The number of aryl methyl sites for hydroxylation is 1. The summed E-state index contributed by atoms with van der Waals surface area (Å²) in [5, 5.41) is 7.27. The Hall–Kier alpha value is -1.78. The highest BCUT2D eigenvalue weighted by molar-refractivity contribution is 7.13. The molecule has 96 valence electrons. The van der Waals surface area contributed by atoms with E-state index in [0.29, 0.717) is 10.8 Å². The van der Waals surface area contributed by atoms with E-state index >= 15 is 0 Å². The molecule has 0 saturated heterocycles. The first-order valence-electron chi connectivity index (χ1n) is 5.79. The van der Waals surface area contributed by atoms with E-state index in [1.54, 1.807) is 16.0 Å². The smallest absolute Gasteiger partial charge is 0.129 e. The van der Waals surface area contributed by atoms with E-state index in [2.05, 4.69) is 5.10 Å². The summed E-state index contributed by atoms with van der Waals surface area (Å²) in [6.07, 6.45) is 0. The molecule has 0 aliphatic heterocycles. The van der Waals surface area contributed by atoms with Gasteiger partial charge in [-0.05, 0) is 29.1 Å². The Balaban J connectivity index is 2.22. The standard InChI is InChI=1S/C14H12ClN3S/c1-18-14(16)12(9-4-6-10(15)7-5-9)13(17-18)11-3-2-8-19-11/h2-8H,16H2,1H3. The van der Waals surface area contributed by atoms with Gasteiger partial charge in [0.2, 0.25) is 0 Å². The lowest BCUT2D eigenvalue weighted by Crippen LogP contribution is -1.97. The zero-order valence-corrected chi connectivity index (χ0v) is 11.9. The molecule has 2 heterocycles. The topological polar surface area (TPSA) is 43.8 Å². The number of nitrogens with two attached hydrogens (primary N) is 1. The average molecular weight is 290 g/mol. The monoisotopic (exact) mass is 289 g/mol. The molecular weight excluding hydrogens is 278 g/mol. The molecule has 0 fully saturated rings. The van der Waals surface area contributed by atoms with Gasteiger partial charge in [-0.25, -0.2) is 0 Å². The molecule has 0 bridgehead atoms. The number of nitrogens with zero attached hydrogens (tertiary/aromatic N) is 2. The Bertz CT molecular complexity index is 699. The molecular formula is C14H12ClN3S. The van der Waals surface area contributed by atoms with Gasteiger partial charge in [-0.1, -0.05) is 29.8 Å². The minimum absolute atomic E-state index is 0.658. The van der Waals surface area contributed by atoms with Crippen LogP contribution in [0.15, 0.2) is 41.8 Å². The minimum atomic E-state index is 0.658. The molecule has 3 rings (SSSR count). The van der Waals surface area contributed by atoms with Gasteiger partial charge in [-0.3, -0.25) is 4.68 Å². The van der Waals surface area contributed by atoms with Crippen molar-refractivity contribution in [2.45, 2.75) is 0 Å². The Morgan fingerprint density at radius 3 is 2.58 bits per heavy atom. The summed E-state index contributed by atoms with van der Waals surface area (Å²) in [6, 6.07) is 11.7. The van der Waals surface area contributed by atoms with Crippen LogP contribution < -0.4 is 5.73 Å². The van der Waals surface area contributed by atoms with E-state index in [1.807, 2.05) is 48.8 Å². The Kier molecular flexibility index (Phi) is 3.05. The van der Waals surface area contributed by atoms with Crippen LogP contribution in [0.25, 0.3) is 21.7 Å². The van der Waals surface area contributed by atoms with Crippen LogP contribution in [0.3, 0.4) is 0 Å². The quantitative estimate of drug-likeness (QED) is 0.773. The van der Waals surface area contributed by atoms with E-state index in [-0.39, 0.29) is 0 Å². The predicted molar refractivity (Wildman–Crippen MR) is 81.4 cm³/mol. The van der Waals surface area contributed by atoms with Gasteiger partial charge < -0.3 is 5.73 Å². The van der Waals surface area contributed by atoms with Crippen LogP contribution in [-0.2, 0) is 7.05 Å². The number of halogens is 1. The number of hydrogen-bond donors (Lipinski definition) is 1. The highest BCUT2D eigenvalue weighted by Gasteiger charge is 2.17. The zero-order chi connectivity index (χ0) is 13.4. The number of anilines is 1. The molecule has 0 amide bonds. The summed E-state index contributed by atoms with van der Waals surface area (Å²) in [6.45, 7) is 0. The van der Waals surface area contributed by atoms with Crippen LogP contribution >= 0.6 is 22.9 Å². The van der Waals surface area contributed by atoms with Crippen molar-refractivity contribution in [1.29, 1.82) is 0 Å². The Morgan fingerprint density at radius 1 is 1.21 bits per heavy atom. The molecule has 0 unspecified atom stereocenters. The third kappa shape index (κ3) is 2.13. The van der Waals surface area contributed by atoms with Crippen molar-refractivity contribution >= 4 is 28.8 Å². The largest absolute Gasteiger partial charge is 0.383 e. The number of thiophene rings is 1. The lowest BCUT2D eigenvalue weighted by atomic mass is 10.0. The lowest BCUT2D eigenvalue weighted by molar-refractivity contribution is 0.783. The molecule has 5 heteroatoms. The van der Waals surface area contributed by atoms with Crippen molar-refractivity contribution in [1.82, 2.24) is 9.78 Å². The maximum Gasteiger partial charge on any atom is 0.129 e.